The summed E-state index contributed by atoms with van der Waals surface area (Å²) >= 11 is 0. The molecule has 3 rings (SSSR count). The van der Waals surface area contributed by atoms with Crippen LogP contribution in [-0.2, 0) is 0 Å². The Morgan fingerprint density at radius 3 is 1.96 bits per heavy atom. The van der Waals surface area contributed by atoms with Crippen molar-refractivity contribution in [3.05, 3.63) is 102 Å². The number of rotatable bonds is 7. The molecule has 0 fully saturated rings. The van der Waals surface area contributed by atoms with E-state index in [1.54, 1.807) is 0 Å². The van der Waals surface area contributed by atoms with Crippen molar-refractivity contribution in [3.63, 3.8) is 0 Å². The maximum absolute atomic E-state index is 5.81. The van der Waals surface area contributed by atoms with E-state index in [4.69, 9.17) is 4.74 Å². The van der Waals surface area contributed by atoms with Crippen LogP contribution in [0.1, 0.15) is 16.7 Å². The molecule has 0 radical (unpaired) electrons. The molecule has 0 unspecified atom stereocenters. The highest BCUT2D eigenvalue weighted by atomic mass is 16.5. The summed E-state index contributed by atoms with van der Waals surface area (Å²) in [5, 5.41) is 0. The van der Waals surface area contributed by atoms with Gasteiger partial charge in [0.15, 0.2) is 0 Å². The van der Waals surface area contributed by atoms with E-state index < -0.39 is 0 Å². The van der Waals surface area contributed by atoms with E-state index >= 15 is 0 Å². The maximum Gasteiger partial charge on any atom is 0.119 e. The Labute approximate surface area is 156 Å². The second kappa shape index (κ2) is 9.02. The third-order valence-corrected chi connectivity index (χ3v) is 4.17. The van der Waals surface area contributed by atoms with Gasteiger partial charge < -0.3 is 9.64 Å². The lowest BCUT2D eigenvalue weighted by Crippen LogP contribution is -2.19. The van der Waals surface area contributed by atoms with Gasteiger partial charge in [-0.3, -0.25) is 0 Å². The highest BCUT2D eigenvalue weighted by Crippen LogP contribution is 2.27. The summed E-state index contributed by atoms with van der Waals surface area (Å²) in [5.74, 6) is 0.905. The van der Waals surface area contributed by atoms with Crippen molar-refractivity contribution in [2.24, 2.45) is 0 Å². The predicted molar refractivity (Wildman–Crippen MR) is 110 cm³/mol. The molecule has 0 saturated heterocycles. The number of ether oxygens (including phenoxy) is 1. The predicted octanol–water partition coefficient (Wildman–Crippen LogP) is 5.22. The number of likely N-dealkylation sites (N-methyl/N-ethyl adjacent to an activating group) is 1. The van der Waals surface area contributed by atoms with Crippen LogP contribution in [0.4, 0.5) is 0 Å². The van der Waals surface area contributed by atoms with E-state index in [2.05, 4.69) is 71.6 Å². The Hall–Kier alpha value is -2.84. The number of hydrogen-bond donors (Lipinski definition) is 0. The molecule has 0 saturated carbocycles. The van der Waals surface area contributed by atoms with Gasteiger partial charge in [-0.15, -0.1) is 0 Å². The van der Waals surface area contributed by atoms with Gasteiger partial charge >= 0.3 is 0 Å². The fraction of sp³-hybridized carbons (Fsp3) is 0.167. The minimum atomic E-state index is 0.692. The largest absolute Gasteiger partial charge is 0.492 e. The average Bonchev–Trinajstić information content (AvgIpc) is 2.68. The minimum absolute atomic E-state index is 0.692. The maximum atomic E-state index is 5.81. The quantitative estimate of drug-likeness (QED) is 0.546. The molecule has 0 aliphatic rings. The standard InChI is InChI=1S/C24H25NO/c1-25(2)17-18-26-23-15-13-22(14-16-23)24(21-11-7-4-8-12-21)19-20-9-5-3-6-10-20/h3-16,19H,17-18H2,1-2H3/b24-19-. The zero-order chi connectivity index (χ0) is 18.2. The summed E-state index contributed by atoms with van der Waals surface area (Å²) < 4.78 is 5.81. The Morgan fingerprint density at radius 2 is 1.35 bits per heavy atom. The number of benzene rings is 3. The fourth-order valence-electron chi connectivity index (χ4n) is 2.74. The van der Waals surface area contributed by atoms with Crippen LogP contribution in [0, 0.1) is 0 Å². The van der Waals surface area contributed by atoms with Gasteiger partial charge in [-0.2, -0.15) is 0 Å². The van der Waals surface area contributed by atoms with Crippen LogP contribution >= 0.6 is 0 Å². The second-order valence-corrected chi connectivity index (χ2v) is 6.51. The summed E-state index contributed by atoms with van der Waals surface area (Å²) in [7, 11) is 4.10. The fourth-order valence-corrected chi connectivity index (χ4v) is 2.74. The second-order valence-electron chi connectivity index (χ2n) is 6.51. The molecule has 0 bridgehead atoms. The molecule has 0 aliphatic heterocycles. The molecule has 0 amide bonds. The molecule has 132 valence electrons. The van der Waals surface area contributed by atoms with Crippen molar-refractivity contribution < 1.29 is 4.74 Å². The van der Waals surface area contributed by atoms with Crippen molar-refractivity contribution in [1.82, 2.24) is 4.90 Å². The molecule has 0 aromatic heterocycles. The van der Waals surface area contributed by atoms with E-state index in [-0.39, 0.29) is 0 Å². The molecular weight excluding hydrogens is 318 g/mol. The highest BCUT2D eigenvalue weighted by Gasteiger charge is 2.06. The molecule has 0 spiro atoms. The molecule has 0 N–H and O–H groups in total. The first-order valence-electron chi connectivity index (χ1n) is 8.92. The van der Waals surface area contributed by atoms with E-state index in [0.717, 1.165) is 12.3 Å². The Bertz CT molecular complexity index is 821. The first-order chi connectivity index (χ1) is 12.7. The van der Waals surface area contributed by atoms with Crippen LogP contribution in [0.15, 0.2) is 84.9 Å². The SMILES string of the molecule is CN(C)CCOc1ccc(/C(=C\c2ccccc2)c2ccccc2)cc1. The minimum Gasteiger partial charge on any atom is -0.492 e. The monoisotopic (exact) mass is 343 g/mol. The van der Waals surface area contributed by atoms with Gasteiger partial charge in [-0.05, 0) is 54.6 Å². The molecule has 3 aromatic carbocycles. The van der Waals surface area contributed by atoms with Crippen molar-refractivity contribution in [2.45, 2.75) is 0 Å². The number of nitrogens with zero attached hydrogens (tertiary/aromatic N) is 1. The lowest BCUT2D eigenvalue weighted by molar-refractivity contribution is 0.261. The van der Waals surface area contributed by atoms with Gasteiger partial charge in [-0.25, -0.2) is 0 Å². The third-order valence-electron chi connectivity index (χ3n) is 4.17. The van der Waals surface area contributed by atoms with Gasteiger partial charge in [0.05, 0.1) is 0 Å². The van der Waals surface area contributed by atoms with Crippen LogP contribution in [0.25, 0.3) is 11.6 Å². The number of hydrogen-bond acceptors (Lipinski definition) is 2. The van der Waals surface area contributed by atoms with E-state index in [9.17, 15) is 0 Å². The van der Waals surface area contributed by atoms with Crippen LogP contribution in [0.5, 0.6) is 5.75 Å². The zero-order valence-electron chi connectivity index (χ0n) is 15.4. The van der Waals surface area contributed by atoms with Crippen LogP contribution in [-0.4, -0.2) is 32.1 Å². The van der Waals surface area contributed by atoms with Crippen LogP contribution < -0.4 is 4.74 Å². The zero-order valence-corrected chi connectivity index (χ0v) is 15.4. The van der Waals surface area contributed by atoms with E-state index in [1.807, 2.05) is 38.4 Å². The molecule has 2 nitrogen and oxygen atoms in total. The molecule has 26 heavy (non-hydrogen) atoms. The van der Waals surface area contributed by atoms with Crippen molar-refractivity contribution in [3.8, 4) is 5.75 Å². The van der Waals surface area contributed by atoms with Gasteiger partial charge in [0.2, 0.25) is 0 Å². The summed E-state index contributed by atoms with van der Waals surface area (Å²) in [5.41, 5.74) is 4.78. The smallest absolute Gasteiger partial charge is 0.119 e. The Balaban J connectivity index is 1.87. The first kappa shape index (κ1) is 18.0. The first-order valence-corrected chi connectivity index (χ1v) is 8.92. The lowest BCUT2D eigenvalue weighted by Gasteiger charge is -2.13. The van der Waals surface area contributed by atoms with E-state index in [0.29, 0.717) is 6.61 Å². The van der Waals surface area contributed by atoms with Gasteiger partial charge in [-0.1, -0.05) is 72.8 Å². The topological polar surface area (TPSA) is 12.5 Å². The normalized spacial score (nSPS) is 11.6. The van der Waals surface area contributed by atoms with Crippen molar-refractivity contribution in [1.29, 1.82) is 0 Å². The highest BCUT2D eigenvalue weighted by molar-refractivity contribution is 5.91. The summed E-state index contributed by atoms with van der Waals surface area (Å²) in [4.78, 5) is 2.12. The van der Waals surface area contributed by atoms with Gasteiger partial charge in [0, 0.05) is 6.54 Å². The van der Waals surface area contributed by atoms with Crippen molar-refractivity contribution in [2.75, 3.05) is 27.2 Å². The summed E-state index contributed by atoms with van der Waals surface area (Å²) in [6, 6.07) is 29.3. The molecule has 0 atom stereocenters. The van der Waals surface area contributed by atoms with Crippen LogP contribution in [0.3, 0.4) is 0 Å². The summed E-state index contributed by atoms with van der Waals surface area (Å²) in [6.45, 7) is 1.60. The van der Waals surface area contributed by atoms with Crippen LogP contribution in [0.2, 0.25) is 0 Å². The lowest BCUT2D eigenvalue weighted by atomic mass is 9.95. The molecule has 0 aliphatic carbocycles. The third kappa shape index (κ3) is 5.08. The van der Waals surface area contributed by atoms with Gasteiger partial charge in [0.25, 0.3) is 0 Å². The van der Waals surface area contributed by atoms with Gasteiger partial charge in [0.1, 0.15) is 12.4 Å². The molecule has 0 heterocycles. The van der Waals surface area contributed by atoms with Crippen molar-refractivity contribution >= 4 is 11.6 Å². The Morgan fingerprint density at radius 1 is 0.769 bits per heavy atom. The molecule has 2 heteroatoms. The average molecular weight is 343 g/mol. The molecule has 3 aromatic rings. The summed E-state index contributed by atoms with van der Waals surface area (Å²) in [6.07, 6.45) is 2.23. The molecular formula is C24H25NO. The van der Waals surface area contributed by atoms with E-state index in [1.165, 1.54) is 22.3 Å². The Kier molecular flexibility index (Phi) is 6.24.